The van der Waals surface area contributed by atoms with Gasteiger partial charge in [-0.1, -0.05) is 48.6 Å². The van der Waals surface area contributed by atoms with Crippen molar-refractivity contribution in [2.75, 3.05) is 15.5 Å². The molecule has 3 N–H and O–H groups in total. The number of rotatable bonds is 7. The van der Waals surface area contributed by atoms with E-state index in [-0.39, 0.29) is 18.2 Å². The molecule has 1 aliphatic carbocycles. The lowest BCUT2D eigenvalue weighted by atomic mass is 9.84. The van der Waals surface area contributed by atoms with Crippen molar-refractivity contribution in [2.24, 2.45) is 0 Å². The third-order valence-corrected chi connectivity index (χ3v) is 7.13. The maximum absolute atomic E-state index is 14.0. The Hall–Kier alpha value is -4.81. The van der Waals surface area contributed by atoms with Gasteiger partial charge in [0, 0.05) is 16.9 Å². The first kappa shape index (κ1) is 28.7. The smallest absolute Gasteiger partial charge is 0.307 e. The van der Waals surface area contributed by atoms with Gasteiger partial charge in [-0.05, 0) is 77.6 Å². The number of nitrogens with zero attached hydrogens (tertiary/aromatic N) is 4. The molecule has 9 nitrogen and oxygen atoms in total. The molecule has 0 atom stereocenters. The molecule has 0 radical (unpaired) electrons. The second-order valence-corrected chi connectivity index (χ2v) is 10.1. The summed E-state index contributed by atoms with van der Waals surface area (Å²) in [6.45, 7) is 0.0167. The maximum atomic E-state index is 14.0. The van der Waals surface area contributed by atoms with Crippen LogP contribution in [0.2, 0.25) is 0 Å². The molecule has 0 bridgehead atoms. The van der Waals surface area contributed by atoms with E-state index in [4.69, 9.17) is 0 Å². The summed E-state index contributed by atoms with van der Waals surface area (Å²) >= 11 is 0. The van der Waals surface area contributed by atoms with Gasteiger partial charge in [0.2, 0.25) is 0 Å². The third-order valence-electron chi connectivity index (χ3n) is 7.13. The first-order valence-corrected chi connectivity index (χ1v) is 13.4. The summed E-state index contributed by atoms with van der Waals surface area (Å²) < 4.78 is 53.8. The van der Waals surface area contributed by atoms with Crippen LogP contribution in [0, 0.1) is 5.82 Å². The van der Waals surface area contributed by atoms with Crippen molar-refractivity contribution >= 4 is 29.3 Å². The lowest BCUT2D eigenvalue weighted by Crippen LogP contribution is -2.34. The van der Waals surface area contributed by atoms with Gasteiger partial charge >= 0.3 is 12.2 Å². The summed E-state index contributed by atoms with van der Waals surface area (Å²) in [6, 6.07) is 15.0. The Labute approximate surface area is 238 Å². The van der Waals surface area contributed by atoms with E-state index in [9.17, 15) is 27.2 Å². The van der Waals surface area contributed by atoms with E-state index in [0.29, 0.717) is 34.9 Å². The molecule has 0 aliphatic heterocycles. The van der Waals surface area contributed by atoms with Crippen LogP contribution in [-0.4, -0.2) is 32.6 Å². The van der Waals surface area contributed by atoms with Crippen LogP contribution in [0.25, 0.3) is 0 Å². The topological polar surface area (TPSA) is 116 Å². The van der Waals surface area contributed by atoms with E-state index in [0.717, 1.165) is 37.3 Å². The predicted molar refractivity (Wildman–Crippen MR) is 147 cm³/mol. The summed E-state index contributed by atoms with van der Waals surface area (Å²) in [4.78, 5) is 27.2. The minimum absolute atomic E-state index is 0.00891. The fraction of sp³-hybridized carbons (Fsp3) is 0.276. The Balaban J connectivity index is 1.38. The van der Waals surface area contributed by atoms with Crippen molar-refractivity contribution < 1.29 is 27.2 Å². The van der Waals surface area contributed by atoms with E-state index < -0.39 is 29.5 Å². The number of halogens is 4. The average Bonchev–Trinajstić information content (AvgIpc) is 3.49. The predicted octanol–water partition coefficient (Wildman–Crippen LogP) is 6.90. The van der Waals surface area contributed by atoms with Crippen LogP contribution >= 0.6 is 0 Å². The van der Waals surface area contributed by atoms with Gasteiger partial charge in [-0.3, -0.25) is 15.0 Å². The van der Waals surface area contributed by atoms with E-state index in [1.54, 1.807) is 36.4 Å². The number of urea groups is 1. The van der Waals surface area contributed by atoms with Crippen molar-refractivity contribution in [1.82, 2.24) is 20.6 Å². The number of hydrogen-bond acceptors (Lipinski definition) is 5. The second-order valence-electron chi connectivity index (χ2n) is 10.1. The zero-order valence-corrected chi connectivity index (χ0v) is 22.3. The molecule has 0 saturated heterocycles. The van der Waals surface area contributed by atoms with Gasteiger partial charge in [-0.25, -0.2) is 9.18 Å². The zero-order chi connectivity index (χ0) is 29.7. The minimum Gasteiger partial charge on any atom is -0.307 e. The van der Waals surface area contributed by atoms with Crippen LogP contribution in [0.3, 0.4) is 0 Å². The minimum atomic E-state index is -4.78. The van der Waals surface area contributed by atoms with Gasteiger partial charge < -0.3 is 5.32 Å². The number of nitrogens with one attached hydrogen (secondary N) is 3. The molecule has 0 spiro atoms. The average molecular weight is 582 g/mol. The lowest BCUT2D eigenvalue weighted by Gasteiger charge is -2.26. The molecule has 1 aromatic heterocycles. The molecule has 4 aromatic rings. The highest BCUT2D eigenvalue weighted by atomic mass is 19.4. The van der Waals surface area contributed by atoms with Gasteiger partial charge in [0.25, 0.3) is 11.9 Å². The molecule has 3 amide bonds. The standard InChI is InChI=1S/C29H27F4N7O2/c30-23-14-22(29(31,32)33)15-24(16-23)34-28(42)40(25-12-10-20(11-13-25)19-4-2-1-3-5-19)17-18-6-8-21(9-7-18)26(41)35-27-36-38-39-37-27/h6-16,19H,1-5,17H2,(H,34,42)(H2,35,36,37,38,39,41). The molecule has 1 fully saturated rings. The zero-order valence-electron chi connectivity index (χ0n) is 22.3. The molecule has 42 heavy (non-hydrogen) atoms. The highest BCUT2D eigenvalue weighted by Gasteiger charge is 2.32. The van der Waals surface area contributed by atoms with E-state index in [2.05, 4.69) is 31.3 Å². The number of H-pyrrole nitrogens is 1. The molecule has 218 valence electrons. The van der Waals surface area contributed by atoms with Crippen LogP contribution in [-0.2, 0) is 12.7 Å². The third kappa shape index (κ3) is 7.09. The van der Waals surface area contributed by atoms with E-state index in [1.807, 2.05) is 12.1 Å². The normalized spacial score (nSPS) is 13.9. The SMILES string of the molecule is O=C(Nc1nn[nH]n1)c1ccc(CN(C(=O)Nc2cc(F)cc(C(F)(F)F)c2)c2ccc(C3CCCCC3)cc2)cc1. The van der Waals surface area contributed by atoms with Crippen molar-refractivity contribution in [3.8, 4) is 0 Å². The summed E-state index contributed by atoms with van der Waals surface area (Å²) in [5.74, 6) is -1.15. The van der Waals surface area contributed by atoms with Crippen LogP contribution in [0.5, 0.6) is 0 Å². The van der Waals surface area contributed by atoms with Crippen LogP contribution in [0.1, 0.15) is 65.1 Å². The monoisotopic (exact) mass is 581 g/mol. The summed E-state index contributed by atoms with van der Waals surface area (Å²) in [5.41, 5.74) is 1.05. The number of carbonyl (C=O) groups excluding carboxylic acids is 2. The molecule has 1 aliphatic rings. The van der Waals surface area contributed by atoms with Crippen LogP contribution < -0.4 is 15.5 Å². The van der Waals surface area contributed by atoms with Gasteiger partial charge in [0.1, 0.15) is 5.82 Å². The highest BCUT2D eigenvalue weighted by molar-refractivity contribution is 6.03. The van der Waals surface area contributed by atoms with Crippen molar-refractivity contribution in [1.29, 1.82) is 0 Å². The maximum Gasteiger partial charge on any atom is 0.416 e. The van der Waals surface area contributed by atoms with Gasteiger partial charge in [0.15, 0.2) is 0 Å². The number of amides is 3. The highest BCUT2D eigenvalue weighted by Crippen LogP contribution is 2.34. The van der Waals surface area contributed by atoms with Crippen LogP contribution in [0.4, 0.5) is 39.7 Å². The number of benzene rings is 3. The number of anilines is 3. The van der Waals surface area contributed by atoms with Crippen molar-refractivity contribution in [2.45, 2.75) is 50.7 Å². The van der Waals surface area contributed by atoms with Crippen LogP contribution in [0.15, 0.2) is 66.7 Å². The Bertz CT molecular complexity index is 1520. The number of tetrazole rings is 1. The fourth-order valence-electron chi connectivity index (χ4n) is 4.99. The van der Waals surface area contributed by atoms with E-state index in [1.165, 1.54) is 11.3 Å². The number of hydrogen-bond donors (Lipinski definition) is 3. The summed E-state index contributed by atoms with van der Waals surface area (Å²) in [5, 5.41) is 17.8. The van der Waals surface area contributed by atoms with Gasteiger partial charge in [-0.2, -0.15) is 18.4 Å². The van der Waals surface area contributed by atoms with Gasteiger partial charge in [-0.15, -0.1) is 5.10 Å². The van der Waals surface area contributed by atoms with Gasteiger partial charge in [0.05, 0.1) is 12.1 Å². The van der Waals surface area contributed by atoms with Crippen molar-refractivity contribution in [3.63, 3.8) is 0 Å². The molecule has 0 unspecified atom stereocenters. The van der Waals surface area contributed by atoms with E-state index >= 15 is 0 Å². The Morgan fingerprint density at radius 1 is 0.929 bits per heavy atom. The quantitative estimate of drug-likeness (QED) is 0.206. The molecule has 3 aromatic carbocycles. The molecule has 5 rings (SSSR count). The summed E-state index contributed by atoms with van der Waals surface area (Å²) in [6.07, 6.45) is 0.952. The second kappa shape index (κ2) is 12.4. The first-order valence-electron chi connectivity index (χ1n) is 13.4. The lowest BCUT2D eigenvalue weighted by molar-refractivity contribution is -0.137. The number of alkyl halides is 3. The fourth-order valence-corrected chi connectivity index (χ4v) is 4.99. The molecule has 13 heteroatoms. The molecule has 1 saturated carbocycles. The van der Waals surface area contributed by atoms with Crippen molar-refractivity contribution in [3.05, 3.63) is 94.8 Å². The number of carbonyl (C=O) groups is 2. The Morgan fingerprint density at radius 3 is 2.29 bits per heavy atom. The largest absolute Gasteiger partial charge is 0.416 e. The summed E-state index contributed by atoms with van der Waals surface area (Å²) in [7, 11) is 0. The molecular formula is C29H27F4N7O2. The first-order chi connectivity index (χ1) is 20.2. The Kier molecular flexibility index (Phi) is 8.46. The molecular weight excluding hydrogens is 554 g/mol. The Morgan fingerprint density at radius 2 is 1.64 bits per heavy atom. The molecule has 1 heterocycles. The number of aromatic amines is 1. The number of aromatic nitrogens is 4.